The van der Waals surface area contributed by atoms with E-state index in [-0.39, 0.29) is 16.8 Å². The highest BCUT2D eigenvalue weighted by Crippen LogP contribution is 2.37. The van der Waals surface area contributed by atoms with Gasteiger partial charge < -0.3 is 25.5 Å². The number of nitrogen functional groups attached to an aromatic ring is 1. The molecule has 2 aromatic rings. The predicted molar refractivity (Wildman–Crippen MR) is 141 cm³/mol. The summed E-state index contributed by atoms with van der Waals surface area (Å²) in [6, 6.07) is 8.61. The second kappa shape index (κ2) is 10.8. The van der Waals surface area contributed by atoms with E-state index >= 15 is 0 Å². The number of halogens is 4. The Balaban J connectivity index is 2.05. The molecular weight excluding hydrogens is 548 g/mol. The summed E-state index contributed by atoms with van der Waals surface area (Å²) in [4.78, 5) is 12.7. The molecule has 0 aliphatic rings. The van der Waals surface area contributed by atoms with E-state index in [0.717, 1.165) is 0 Å². The van der Waals surface area contributed by atoms with Crippen molar-refractivity contribution < 1.29 is 22.7 Å². The molecule has 11 heteroatoms. The average molecular weight is 579 g/mol. The Morgan fingerprint density at radius 2 is 1.79 bits per heavy atom. The number of alkyl halides is 3. The third kappa shape index (κ3) is 8.11. The van der Waals surface area contributed by atoms with Crippen molar-refractivity contribution in [3.8, 4) is 5.75 Å². The number of hydrogen-bond acceptors (Lipinski definition) is 5. The van der Waals surface area contributed by atoms with Crippen molar-refractivity contribution in [2.75, 3.05) is 23.0 Å². The summed E-state index contributed by atoms with van der Waals surface area (Å²) in [6.07, 6.45) is 0. The van der Waals surface area contributed by atoms with Gasteiger partial charge >= 0.3 is 5.57 Å². The Morgan fingerprint density at radius 1 is 1.21 bits per heavy atom. The van der Waals surface area contributed by atoms with Gasteiger partial charge in [0.05, 0.1) is 18.0 Å². The number of anilines is 3. The fraction of sp³-hybridized carbons (Fsp3) is 0.435. The van der Waals surface area contributed by atoms with Gasteiger partial charge in [-0.3, -0.25) is 4.79 Å². The van der Waals surface area contributed by atoms with Gasteiger partial charge in [-0.15, -0.1) is 8.78 Å². The van der Waals surface area contributed by atoms with Gasteiger partial charge in [0.1, 0.15) is 5.75 Å². The maximum Gasteiger partial charge on any atom is 0.487 e. The third-order valence-corrected chi connectivity index (χ3v) is 10.8. The highest BCUT2D eigenvalue weighted by Gasteiger charge is 2.37. The number of amides is 1. The van der Waals surface area contributed by atoms with Crippen LogP contribution in [0.4, 0.5) is 25.8 Å². The minimum absolute atomic E-state index is 0.00602. The maximum absolute atomic E-state index is 12.7. The zero-order valence-corrected chi connectivity index (χ0v) is 23.4. The van der Waals surface area contributed by atoms with Crippen LogP contribution in [0.3, 0.4) is 0 Å². The van der Waals surface area contributed by atoms with E-state index in [1.807, 2.05) is 6.92 Å². The minimum atomic E-state index is -3.81. The molecule has 2 aromatic carbocycles. The van der Waals surface area contributed by atoms with Crippen LogP contribution in [0.1, 0.15) is 38.1 Å². The number of rotatable bonds is 9. The summed E-state index contributed by atoms with van der Waals surface area (Å²) < 4.78 is 36.6. The first kappa shape index (κ1) is 28.4. The fourth-order valence-corrected chi connectivity index (χ4v) is 4.47. The number of benzene rings is 2. The summed E-state index contributed by atoms with van der Waals surface area (Å²) in [7, 11) is -1.88. The molecule has 0 heterocycles. The Morgan fingerprint density at radius 3 is 2.29 bits per heavy atom. The Kier molecular flexibility index (Phi) is 9.01. The van der Waals surface area contributed by atoms with Gasteiger partial charge in [-0.05, 0) is 77.4 Å². The maximum atomic E-state index is 12.7. The topological polar surface area (TPSA) is 85.6 Å². The largest absolute Gasteiger partial charge is 0.487 e. The van der Waals surface area contributed by atoms with Crippen molar-refractivity contribution >= 4 is 58.8 Å². The lowest BCUT2D eigenvalue weighted by molar-refractivity contribution is -0.0964. The zero-order valence-electron chi connectivity index (χ0n) is 20.1. The van der Waals surface area contributed by atoms with Gasteiger partial charge in [0.2, 0.25) is 0 Å². The molecule has 0 saturated heterocycles. The molecular formula is C23H31BrClF2N3O3Si. The molecule has 6 nitrogen and oxygen atoms in total. The van der Waals surface area contributed by atoms with E-state index in [4.69, 9.17) is 21.8 Å². The van der Waals surface area contributed by atoms with E-state index in [0.29, 0.717) is 33.7 Å². The summed E-state index contributed by atoms with van der Waals surface area (Å²) in [5.41, 5.74) is 4.21. The van der Waals surface area contributed by atoms with Crippen LogP contribution in [0.25, 0.3) is 0 Å². The van der Waals surface area contributed by atoms with Crippen molar-refractivity contribution in [2.45, 2.75) is 57.4 Å². The average Bonchev–Trinajstić information content (AvgIpc) is 2.68. The van der Waals surface area contributed by atoms with Crippen LogP contribution < -0.4 is 21.1 Å². The van der Waals surface area contributed by atoms with Crippen molar-refractivity contribution in [3.05, 3.63) is 46.4 Å². The molecule has 0 radical (unpaired) electrons. The van der Waals surface area contributed by atoms with Gasteiger partial charge in [0.25, 0.3) is 5.91 Å². The number of ether oxygens (including phenoxy) is 1. The Bertz CT molecular complexity index is 989. The van der Waals surface area contributed by atoms with Gasteiger partial charge in [-0.1, -0.05) is 20.8 Å². The summed E-state index contributed by atoms with van der Waals surface area (Å²) in [5, 5.41) is 6.15. The standard InChI is InChI=1S/C23H31BrClF2N3O3Si/c1-14(13-32-34(5,6)22(2,3)4)29-20-18(24)11-15(12-19(20)28)21(31)30-16-7-9-17(10-8-16)33-23(25,26)27/h7-12,14,29H,13,28H2,1-6H3,(H,30,31)/t14-/m1/s1. The molecule has 188 valence electrons. The van der Waals surface area contributed by atoms with Crippen molar-refractivity contribution in [3.63, 3.8) is 0 Å². The molecule has 34 heavy (non-hydrogen) atoms. The van der Waals surface area contributed by atoms with Crippen LogP contribution in [0.2, 0.25) is 18.1 Å². The summed E-state index contributed by atoms with van der Waals surface area (Å²) >= 11 is 8.23. The molecule has 0 unspecified atom stereocenters. The first-order valence-corrected chi connectivity index (χ1v) is 14.7. The van der Waals surface area contributed by atoms with E-state index in [2.05, 4.69) is 65.2 Å². The van der Waals surface area contributed by atoms with Crippen LogP contribution >= 0.6 is 27.5 Å². The van der Waals surface area contributed by atoms with Crippen LogP contribution in [0.5, 0.6) is 5.75 Å². The lowest BCUT2D eigenvalue weighted by atomic mass is 10.1. The second-order valence-corrected chi connectivity index (χ2v) is 15.7. The minimum Gasteiger partial charge on any atom is -0.420 e. The number of carbonyl (C=O) groups is 1. The van der Waals surface area contributed by atoms with E-state index in [9.17, 15) is 13.6 Å². The van der Waals surface area contributed by atoms with Crippen molar-refractivity contribution in [1.29, 1.82) is 0 Å². The highest BCUT2D eigenvalue weighted by atomic mass is 79.9. The summed E-state index contributed by atoms with van der Waals surface area (Å²) in [5.74, 6) is -0.545. The van der Waals surface area contributed by atoms with Crippen LogP contribution in [-0.2, 0) is 4.43 Å². The fourth-order valence-electron chi connectivity index (χ4n) is 2.69. The Labute approximate surface area is 213 Å². The number of carbonyl (C=O) groups excluding carboxylic acids is 1. The van der Waals surface area contributed by atoms with E-state index < -0.39 is 19.8 Å². The quantitative estimate of drug-likeness (QED) is 0.165. The second-order valence-electron chi connectivity index (χ2n) is 9.57. The lowest BCUT2D eigenvalue weighted by Crippen LogP contribution is -2.43. The smallest absolute Gasteiger partial charge is 0.420 e. The van der Waals surface area contributed by atoms with Crippen molar-refractivity contribution in [1.82, 2.24) is 0 Å². The normalized spacial score (nSPS) is 13.4. The zero-order chi connectivity index (χ0) is 25.9. The molecule has 1 amide bonds. The van der Waals surface area contributed by atoms with Gasteiger partial charge in [0.15, 0.2) is 8.32 Å². The molecule has 0 aliphatic carbocycles. The van der Waals surface area contributed by atoms with Crippen LogP contribution in [-0.4, -0.2) is 32.4 Å². The number of nitrogens with one attached hydrogen (secondary N) is 2. The molecule has 0 aliphatic heterocycles. The Hall–Kier alpha value is -1.88. The molecule has 0 saturated carbocycles. The molecule has 0 aromatic heterocycles. The monoisotopic (exact) mass is 577 g/mol. The first-order chi connectivity index (χ1) is 15.5. The molecule has 4 N–H and O–H groups in total. The molecule has 0 fully saturated rings. The highest BCUT2D eigenvalue weighted by molar-refractivity contribution is 9.10. The summed E-state index contributed by atoms with van der Waals surface area (Å²) in [6.45, 7) is 13.5. The lowest BCUT2D eigenvalue weighted by Gasteiger charge is -2.37. The molecule has 0 bridgehead atoms. The predicted octanol–water partition coefficient (Wildman–Crippen LogP) is 7.27. The molecule has 1 atom stereocenters. The van der Waals surface area contributed by atoms with Gasteiger partial charge in [-0.2, -0.15) is 0 Å². The van der Waals surface area contributed by atoms with Crippen LogP contribution in [0, 0.1) is 0 Å². The van der Waals surface area contributed by atoms with Crippen molar-refractivity contribution in [2.24, 2.45) is 0 Å². The van der Waals surface area contributed by atoms with E-state index in [1.165, 1.54) is 24.3 Å². The SMILES string of the molecule is C[C@H](CO[Si](C)(C)C(C)(C)C)Nc1c(N)cc(C(=O)Nc2ccc(OC(F)(F)Cl)cc2)cc1Br. The molecule has 2 rings (SSSR count). The van der Waals surface area contributed by atoms with Gasteiger partial charge in [0, 0.05) is 33.4 Å². The first-order valence-electron chi connectivity index (χ1n) is 10.7. The third-order valence-electron chi connectivity index (χ3n) is 5.62. The molecule has 0 spiro atoms. The van der Waals surface area contributed by atoms with E-state index in [1.54, 1.807) is 12.1 Å². The van der Waals surface area contributed by atoms with Crippen LogP contribution in [0.15, 0.2) is 40.9 Å². The number of nitrogens with two attached hydrogens (primary N) is 1. The number of hydrogen-bond donors (Lipinski definition) is 3. The van der Waals surface area contributed by atoms with Gasteiger partial charge in [-0.25, -0.2) is 0 Å².